The summed E-state index contributed by atoms with van der Waals surface area (Å²) in [4.78, 5) is 19.6. The number of hydrogen-bond donors (Lipinski definition) is 0. The van der Waals surface area contributed by atoms with Crippen LogP contribution in [0.25, 0.3) is 22.2 Å². The highest BCUT2D eigenvalue weighted by molar-refractivity contribution is 5.84. The summed E-state index contributed by atoms with van der Waals surface area (Å²) in [6, 6.07) is 6.83. The number of imidazole rings is 1. The van der Waals surface area contributed by atoms with Crippen molar-refractivity contribution in [1.82, 2.24) is 19.6 Å². The SMILES string of the molecule is Cc1noc(C)c1-c1ccc2c(c1)nc(C1CCCC(=O)N1C1CC1)n2C. The standard InChI is InChI=1S/C21H24N4O2/c1-12-20(13(2)27-23-12)14-7-10-17-16(11-14)22-21(24(17)3)18-5-4-6-19(26)25(18)15-8-9-15/h7,10-11,15,18H,4-6,8-9H2,1-3H3. The summed E-state index contributed by atoms with van der Waals surface area (Å²) in [6.07, 6.45) is 4.87. The van der Waals surface area contributed by atoms with Gasteiger partial charge in [0.2, 0.25) is 5.91 Å². The number of rotatable bonds is 3. The Hall–Kier alpha value is -2.63. The van der Waals surface area contributed by atoms with Crippen LogP contribution in [0.4, 0.5) is 0 Å². The van der Waals surface area contributed by atoms with Crippen LogP contribution in [0.2, 0.25) is 0 Å². The zero-order valence-electron chi connectivity index (χ0n) is 16.0. The number of piperidine rings is 1. The van der Waals surface area contributed by atoms with Gasteiger partial charge in [-0.05, 0) is 57.2 Å². The van der Waals surface area contributed by atoms with Crippen LogP contribution in [-0.4, -0.2) is 31.6 Å². The van der Waals surface area contributed by atoms with Gasteiger partial charge in [0.05, 0.1) is 22.8 Å². The van der Waals surface area contributed by atoms with Gasteiger partial charge in [-0.3, -0.25) is 4.79 Å². The third-order valence-corrected chi connectivity index (χ3v) is 5.97. The molecule has 1 saturated heterocycles. The highest BCUT2D eigenvalue weighted by atomic mass is 16.5. The van der Waals surface area contributed by atoms with Gasteiger partial charge in [0.15, 0.2) is 0 Å². The van der Waals surface area contributed by atoms with Crippen LogP contribution in [0.3, 0.4) is 0 Å². The molecule has 0 spiro atoms. The molecular formula is C21H24N4O2. The first-order chi connectivity index (χ1) is 13.0. The summed E-state index contributed by atoms with van der Waals surface area (Å²) in [5.74, 6) is 2.11. The van der Waals surface area contributed by atoms with Crippen LogP contribution < -0.4 is 0 Å². The van der Waals surface area contributed by atoms with E-state index >= 15 is 0 Å². The fourth-order valence-electron chi connectivity index (χ4n) is 4.52. The van der Waals surface area contributed by atoms with E-state index in [-0.39, 0.29) is 11.9 Å². The largest absolute Gasteiger partial charge is 0.361 e. The topological polar surface area (TPSA) is 64.2 Å². The normalized spacial score (nSPS) is 20.6. The molecule has 3 heterocycles. The first kappa shape index (κ1) is 16.5. The Morgan fingerprint density at radius 3 is 2.70 bits per heavy atom. The number of hydrogen-bond acceptors (Lipinski definition) is 4. The smallest absolute Gasteiger partial charge is 0.223 e. The Bertz CT molecular complexity index is 1020. The van der Waals surface area contributed by atoms with Crippen molar-refractivity contribution < 1.29 is 9.32 Å². The Morgan fingerprint density at radius 2 is 2.00 bits per heavy atom. The fourth-order valence-corrected chi connectivity index (χ4v) is 4.52. The fraction of sp³-hybridized carbons (Fsp3) is 0.476. The van der Waals surface area contributed by atoms with Crippen LogP contribution in [0, 0.1) is 13.8 Å². The molecule has 0 N–H and O–H groups in total. The zero-order chi connectivity index (χ0) is 18.7. The molecule has 0 bridgehead atoms. The quantitative estimate of drug-likeness (QED) is 0.703. The molecule has 1 aromatic carbocycles. The minimum Gasteiger partial charge on any atom is -0.361 e. The van der Waals surface area contributed by atoms with Crippen molar-refractivity contribution in [3.8, 4) is 11.1 Å². The molecule has 1 aliphatic carbocycles. The average Bonchev–Trinajstić information content (AvgIpc) is 3.36. The van der Waals surface area contributed by atoms with Crippen molar-refractivity contribution in [3.63, 3.8) is 0 Å². The molecule has 3 aromatic rings. The van der Waals surface area contributed by atoms with E-state index in [0.29, 0.717) is 12.5 Å². The van der Waals surface area contributed by atoms with E-state index in [1.165, 1.54) is 0 Å². The molecule has 1 unspecified atom stereocenters. The van der Waals surface area contributed by atoms with Gasteiger partial charge in [0.1, 0.15) is 11.6 Å². The average molecular weight is 364 g/mol. The molecule has 6 heteroatoms. The second-order valence-electron chi connectivity index (χ2n) is 7.87. The molecule has 2 aliphatic rings. The number of aryl methyl sites for hydroxylation is 3. The van der Waals surface area contributed by atoms with E-state index in [1.54, 1.807) is 0 Å². The van der Waals surface area contributed by atoms with E-state index in [2.05, 4.69) is 39.9 Å². The van der Waals surface area contributed by atoms with Gasteiger partial charge in [-0.25, -0.2) is 4.98 Å². The lowest BCUT2D eigenvalue weighted by molar-refractivity contribution is -0.137. The van der Waals surface area contributed by atoms with Crippen molar-refractivity contribution in [3.05, 3.63) is 35.5 Å². The van der Waals surface area contributed by atoms with Crippen LogP contribution >= 0.6 is 0 Å². The minimum atomic E-state index is 0.0960. The van der Waals surface area contributed by atoms with Crippen LogP contribution in [0.15, 0.2) is 22.7 Å². The van der Waals surface area contributed by atoms with Crippen molar-refractivity contribution in [2.24, 2.45) is 7.05 Å². The summed E-state index contributed by atoms with van der Waals surface area (Å²) in [6.45, 7) is 3.89. The van der Waals surface area contributed by atoms with Gasteiger partial charge in [-0.2, -0.15) is 0 Å². The van der Waals surface area contributed by atoms with Crippen LogP contribution in [-0.2, 0) is 11.8 Å². The molecule has 1 amide bonds. The maximum absolute atomic E-state index is 12.5. The van der Waals surface area contributed by atoms with Gasteiger partial charge < -0.3 is 14.0 Å². The number of carbonyl (C=O) groups excluding carboxylic acids is 1. The predicted molar refractivity (Wildman–Crippen MR) is 102 cm³/mol. The van der Waals surface area contributed by atoms with Crippen LogP contribution in [0.5, 0.6) is 0 Å². The molecule has 1 saturated carbocycles. The molecule has 1 aliphatic heterocycles. The maximum atomic E-state index is 12.5. The van der Waals surface area contributed by atoms with Gasteiger partial charge >= 0.3 is 0 Å². The summed E-state index contributed by atoms with van der Waals surface area (Å²) in [5, 5.41) is 4.07. The Kier molecular flexibility index (Phi) is 3.64. The van der Waals surface area contributed by atoms with Crippen molar-refractivity contribution in [1.29, 1.82) is 0 Å². The lowest BCUT2D eigenvalue weighted by atomic mass is 10.0. The molecule has 27 heavy (non-hydrogen) atoms. The summed E-state index contributed by atoms with van der Waals surface area (Å²) in [7, 11) is 2.06. The molecular weight excluding hydrogens is 340 g/mol. The maximum Gasteiger partial charge on any atom is 0.223 e. The molecule has 0 radical (unpaired) electrons. The number of nitrogens with zero attached hydrogens (tertiary/aromatic N) is 4. The highest BCUT2D eigenvalue weighted by Crippen LogP contribution is 2.41. The Balaban J connectivity index is 1.60. The number of fused-ring (bicyclic) bond motifs is 1. The number of amides is 1. The highest BCUT2D eigenvalue weighted by Gasteiger charge is 2.41. The summed E-state index contributed by atoms with van der Waals surface area (Å²) >= 11 is 0. The van der Waals surface area contributed by atoms with Gasteiger partial charge in [-0.15, -0.1) is 0 Å². The number of aromatic nitrogens is 3. The zero-order valence-corrected chi connectivity index (χ0v) is 16.0. The van der Waals surface area contributed by atoms with E-state index in [9.17, 15) is 4.79 Å². The summed E-state index contributed by atoms with van der Waals surface area (Å²) in [5.41, 5.74) is 5.05. The molecule has 1 atom stereocenters. The third-order valence-electron chi connectivity index (χ3n) is 5.97. The third kappa shape index (κ3) is 2.58. The number of benzene rings is 1. The van der Waals surface area contributed by atoms with E-state index in [4.69, 9.17) is 9.51 Å². The Morgan fingerprint density at radius 1 is 1.19 bits per heavy atom. The molecule has 2 fully saturated rings. The number of likely N-dealkylation sites (tertiary alicyclic amines) is 1. The van der Waals surface area contributed by atoms with Gasteiger partial charge in [0, 0.05) is 25.1 Å². The van der Waals surface area contributed by atoms with Crippen molar-refractivity contribution in [2.75, 3.05) is 0 Å². The monoisotopic (exact) mass is 364 g/mol. The Labute approximate surface area is 158 Å². The van der Waals surface area contributed by atoms with Crippen molar-refractivity contribution >= 4 is 16.9 Å². The second-order valence-corrected chi connectivity index (χ2v) is 7.87. The summed E-state index contributed by atoms with van der Waals surface area (Å²) < 4.78 is 7.48. The lowest BCUT2D eigenvalue weighted by Crippen LogP contribution is -2.40. The molecule has 2 aromatic heterocycles. The number of carbonyl (C=O) groups is 1. The first-order valence-corrected chi connectivity index (χ1v) is 9.75. The van der Waals surface area contributed by atoms with Crippen LogP contribution in [0.1, 0.15) is 55.4 Å². The van der Waals surface area contributed by atoms with Gasteiger partial charge in [0.25, 0.3) is 0 Å². The van der Waals surface area contributed by atoms with Gasteiger partial charge in [-0.1, -0.05) is 11.2 Å². The lowest BCUT2D eigenvalue weighted by Gasteiger charge is -2.35. The molecule has 5 rings (SSSR count). The minimum absolute atomic E-state index is 0.0960. The first-order valence-electron chi connectivity index (χ1n) is 9.75. The second kappa shape index (κ2) is 5.94. The molecule has 140 valence electrons. The van der Waals surface area contributed by atoms with Crippen molar-refractivity contribution in [2.45, 2.75) is 58.0 Å². The van der Waals surface area contributed by atoms with E-state index < -0.39 is 0 Å². The van der Waals surface area contributed by atoms with E-state index in [1.807, 2.05) is 13.8 Å². The molecule has 6 nitrogen and oxygen atoms in total. The van der Waals surface area contributed by atoms with E-state index in [0.717, 1.165) is 65.1 Å². The predicted octanol–water partition coefficient (Wildman–Crippen LogP) is 4.06.